The Morgan fingerprint density at radius 1 is 1.40 bits per heavy atom. The van der Waals surface area contributed by atoms with Crippen LogP contribution in [0, 0.1) is 16.7 Å². The van der Waals surface area contributed by atoms with Crippen molar-refractivity contribution < 1.29 is 9.90 Å². The summed E-state index contributed by atoms with van der Waals surface area (Å²) in [5, 5.41) is 10.1. The van der Waals surface area contributed by atoms with Crippen molar-refractivity contribution in [1.29, 1.82) is 0 Å². The largest absolute Gasteiger partial charge is 0.393 e. The number of allylic oxidation sites excluding steroid dienone is 2. The molecule has 2 heteroatoms. The Morgan fingerprint density at radius 2 is 2.00 bits per heavy atom. The molecule has 0 aliphatic heterocycles. The van der Waals surface area contributed by atoms with E-state index in [9.17, 15) is 9.90 Å². The number of rotatable bonds is 0. The number of Topliss-reactive ketones (excluding diaryl/α,β-unsaturated/α-hetero) is 1. The summed E-state index contributed by atoms with van der Waals surface area (Å²) >= 11 is 0. The van der Waals surface area contributed by atoms with Gasteiger partial charge >= 0.3 is 0 Å². The molecule has 0 unspecified atom stereocenters. The van der Waals surface area contributed by atoms with Crippen LogP contribution >= 0.6 is 0 Å². The Labute approximate surface area is 91.4 Å². The smallest absolute Gasteiger partial charge is 0.158 e. The molecule has 0 bridgehead atoms. The van der Waals surface area contributed by atoms with Crippen LogP contribution in [0.4, 0.5) is 0 Å². The highest BCUT2D eigenvalue weighted by Gasteiger charge is 2.55. The fourth-order valence-corrected chi connectivity index (χ4v) is 3.48. The Hall–Kier alpha value is -0.630. The van der Waals surface area contributed by atoms with Gasteiger partial charge in [0.25, 0.3) is 0 Å². The zero-order valence-electron chi connectivity index (χ0n) is 10.0. The summed E-state index contributed by atoms with van der Waals surface area (Å²) in [4.78, 5) is 11.7. The van der Waals surface area contributed by atoms with Crippen LogP contribution in [0.3, 0.4) is 0 Å². The van der Waals surface area contributed by atoms with E-state index in [0.717, 1.165) is 12.0 Å². The minimum atomic E-state index is -0.289. The van der Waals surface area contributed by atoms with E-state index in [1.165, 1.54) is 0 Å². The Bertz CT molecular complexity index is 340. The number of ketones is 1. The number of carbonyl (C=O) groups is 1. The first-order valence-electron chi connectivity index (χ1n) is 5.68. The molecule has 15 heavy (non-hydrogen) atoms. The van der Waals surface area contributed by atoms with Crippen molar-refractivity contribution in [3.63, 3.8) is 0 Å². The molecular weight excluding hydrogens is 188 g/mol. The van der Waals surface area contributed by atoms with Gasteiger partial charge in [0.2, 0.25) is 0 Å². The van der Waals surface area contributed by atoms with Crippen LogP contribution in [0.2, 0.25) is 0 Å². The van der Waals surface area contributed by atoms with Crippen molar-refractivity contribution in [3.05, 3.63) is 11.6 Å². The van der Waals surface area contributed by atoms with Crippen molar-refractivity contribution in [2.24, 2.45) is 16.7 Å². The molecule has 0 aromatic rings. The molecular formula is C13H20O2. The van der Waals surface area contributed by atoms with E-state index in [0.29, 0.717) is 6.42 Å². The predicted molar refractivity (Wildman–Crippen MR) is 59.4 cm³/mol. The first kappa shape index (κ1) is 10.9. The van der Waals surface area contributed by atoms with Gasteiger partial charge in [-0.25, -0.2) is 0 Å². The predicted octanol–water partition coefficient (Wildman–Crippen LogP) is 2.32. The summed E-state index contributed by atoms with van der Waals surface area (Å²) in [6.07, 6.45) is 3.18. The standard InChI is InChI=1S/C13H20O2/c1-8-6-13(4)7-11(15)12(2,3)10(13)5-9(8)14/h6,10-11,15H,5,7H2,1-4H3/t10-,11+,13+/m1/s1. The van der Waals surface area contributed by atoms with Crippen LogP contribution in [0.25, 0.3) is 0 Å². The number of fused-ring (bicyclic) bond motifs is 1. The van der Waals surface area contributed by atoms with Crippen LogP contribution in [0.1, 0.15) is 40.5 Å². The van der Waals surface area contributed by atoms with Gasteiger partial charge in [0.1, 0.15) is 0 Å². The van der Waals surface area contributed by atoms with Gasteiger partial charge in [0.15, 0.2) is 5.78 Å². The topological polar surface area (TPSA) is 37.3 Å². The van der Waals surface area contributed by atoms with Crippen LogP contribution in [0.5, 0.6) is 0 Å². The summed E-state index contributed by atoms with van der Waals surface area (Å²) in [7, 11) is 0. The molecule has 2 nitrogen and oxygen atoms in total. The summed E-state index contributed by atoms with van der Waals surface area (Å²) < 4.78 is 0. The van der Waals surface area contributed by atoms with E-state index in [-0.39, 0.29) is 28.6 Å². The second-order valence-corrected chi connectivity index (χ2v) is 6.05. The highest BCUT2D eigenvalue weighted by atomic mass is 16.3. The minimum Gasteiger partial charge on any atom is -0.393 e. The molecule has 0 amide bonds. The Balaban J connectivity index is 2.45. The molecule has 84 valence electrons. The van der Waals surface area contributed by atoms with Gasteiger partial charge in [-0.05, 0) is 35.7 Å². The van der Waals surface area contributed by atoms with Gasteiger partial charge < -0.3 is 5.11 Å². The van der Waals surface area contributed by atoms with E-state index in [1.807, 2.05) is 6.92 Å². The third-order valence-corrected chi connectivity index (χ3v) is 4.56. The second-order valence-electron chi connectivity index (χ2n) is 6.05. The maximum absolute atomic E-state index is 11.7. The van der Waals surface area contributed by atoms with Gasteiger partial charge in [-0.15, -0.1) is 0 Å². The van der Waals surface area contributed by atoms with Crippen LogP contribution in [-0.2, 0) is 4.79 Å². The summed E-state index contributed by atoms with van der Waals surface area (Å²) in [5.74, 6) is 0.538. The summed E-state index contributed by atoms with van der Waals surface area (Å²) in [6, 6.07) is 0. The highest BCUT2D eigenvalue weighted by Crippen LogP contribution is 2.58. The average molecular weight is 208 g/mol. The van der Waals surface area contributed by atoms with Crippen molar-refractivity contribution in [1.82, 2.24) is 0 Å². The number of hydrogen-bond donors (Lipinski definition) is 1. The number of aliphatic hydroxyl groups is 1. The Kier molecular flexibility index (Phi) is 2.13. The third-order valence-electron chi connectivity index (χ3n) is 4.56. The molecule has 3 atom stereocenters. The lowest BCUT2D eigenvalue weighted by Crippen LogP contribution is -2.36. The molecule has 1 fully saturated rings. The van der Waals surface area contributed by atoms with Crippen LogP contribution < -0.4 is 0 Å². The molecule has 2 rings (SSSR count). The summed E-state index contributed by atoms with van der Waals surface area (Å²) in [5.41, 5.74) is 0.751. The van der Waals surface area contributed by atoms with Gasteiger partial charge in [0.05, 0.1) is 6.10 Å². The average Bonchev–Trinajstić information content (AvgIpc) is 2.25. The molecule has 0 saturated heterocycles. The molecule has 1 N–H and O–H groups in total. The molecule has 1 saturated carbocycles. The van der Waals surface area contributed by atoms with E-state index >= 15 is 0 Å². The van der Waals surface area contributed by atoms with Crippen molar-refractivity contribution >= 4 is 5.78 Å². The van der Waals surface area contributed by atoms with Crippen LogP contribution in [-0.4, -0.2) is 17.0 Å². The van der Waals surface area contributed by atoms with Gasteiger partial charge in [-0.2, -0.15) is 0 Å². The van der Waals surface area contributed by atoms with Crippen molar-refractivity contribution in [2.75, 3.05) is 0 Å². The van der Waals surface area contributed by atoms with Crippen LogP contribution in [0.15, 0.2) is 11.6 Å². The maximum Gasteiger partial charge on any atom is 0.158 e. The van der Waals surface area contributed by atoms with Gasteiger partial charge in [-0.1, -0.05) is 26.8 Å². The second kappa shape index (κ2) is 2.94. The van der Waals surface area contributed by atoms with E-state index in [1.54, 1.807) is 0 Å². The zero-order chi connectivity index (χ0) is 11.4. The fourth-order valence-electron chi connectivity index (χ4n) is 3.48. The maximum atomic E-state index is 11.7. The molecule has 0 aromatic heterocycles. The first-order valence-corrected chi connectivity index (χ1v) is 5.68. The van der Waals surface area contributed by atoms with E-state index in [4.69, 9.17) is 0 Å². The number of aliphatic hydroxyl groups excluding tert-OH is 1. The molecule has 2 aliphatic rings. The lowest BCUT2D eigenvalue weighted by molar-refractivity contribution is -0.119. The number of hydrogen-bond acceptors (Lipinski definition) is 2. The molecule has 0 spiro atoms. The van der Waals surface area contributed by atoms with E-state index < -0.39 is 0 Å². The molecule has 0 radical (unpaired) electrons. The molecule has 0 heterocycles. The third kappa shape index (κ3) is 1.38. The fraction of sp³-hybridized carbons (Fsp3) is 0.769. The van der Waals surface area contributed by atoms with Gasteiger partial charge in [0, 0.05) is 6.42 Å². The molecule has 0 aromatic carbocycles. The quantitative estimate of drug-likeness (QED) is 0.663. The number of carbonyl (C=O) groups excluding carboxylic acids is 1. The normalized spacial score (nSPS) is 43.8. The van der Waals surface area contributed by atoms with Crippen molar-refractivity contribution in [2.45, 2.75) is 46.6 Å². The lowest BCUT2D eigenvalue weighted by atomic mass is 9.65. The molecule has 2 aliphatic carbocycles. The first-order chi connectivity index (χ1) is 6.77. The van der Waals surface area contributed by atoms with E-state index in [2.05, 4.69) is 26.8 Å². The monoisotopic (exact) mass is 208 g/mol. The Morgan fingerprint density at radius 3 is 2.60 bits per heavy atom. The lowest BCUT2D eigenvalue weighted by Gasteiger charge is -2.39. The SMILES string of the molecule is CC1=C[C@@]2(C)C[C@H](O)C(C)(C)[C@H]2CC1=O. The minimum absolute atomic E-state index is 0.0148. The zero-order valence-corrected chi connectivity index (χ0v) is 10.0. The highest BCUT2D eigenvalue weighted by molar-refractivity contribution is 5.96. The van der Waals surface area contributed by atoms with Crippen molar-refractivity contribution in [3.8, 4) is 0 Å². The summed E-state index contributed by atoms with van der Waals surface area (Å²) in [6.45, 7) is 8.22. The van der Waals surface area contributed by atoms with Gasteiger partial charge in [-0.3, -0.25) is 4.79 Å².